The maximum atomic E-state index is 12.9. The SMILES string of the molecule is Cc1ccc(C(=O)N=c2sc(-c3ccccc3)c(-c3ccc(C)c(C)c3)n2C)c(Cl)c1. The van der Waals surface area contributed by atoms with E-state index in [0.717, 1.165) is 27.3 Å². The lowest BCUT2D eigenvalue weighted by atomic mass is 10.0. The van der Waals surface area contributed by atoms with Crippen molar-refractivity contribution in [1.29, 1.82) is 0 Å². The van der Waals surface area contributed by atoms with Crippen molar-refractivity contribution in [2.75, 3.05) is 0 Å². The summed E-state index contributed by atoms with van der Waals surface area (Å²) < 4.78 is 2.00. The molecule has 3 aromatic carbocycles. The third-order valence-corrected chi connectivity index (χ3v) is 6.89. The van der Waals surface area contributed by atoms with Gasteiger partial charge in [-0.15, -0.1) is 0 Å². The number of hydrogen-bond acceptors (Lipinski definition) is 2. The average Bonchev–Trinajstić information content (AvgIpc) is 3.06. The Morgan fingerprint density at radius 3 is 2.32 bits per heavy atom. The Labute approximate surface area is 191 Å². The Morgan fingerprint density at radius 2 is 1.65 bits per heavy atom. The number of amides is 1. The highest BCUT2D eigenvalue weighted by Crippen LogP contribution is 2.35. The molecule has 5 heteroatoms. The first-order chi connectivity index (χ1) is 14.8. The largest absolute Gasteiger partial charge is 0.319 e. The first-order valence-electron chi connectivity index (χ1n) is 10.0. The van der Waals surface area contributed by atoms with Crippen molar-refractivity contribution in [2.45, 2.75) is 20.8 Å². The van der Waals surface area contributed by atoms with Gasteiger partial charge in [-0.1, -0.05) is 71.5 Å². The average molecular weight is 447 g/mol. The molecule has 0 fully saturated rings. The summed E-state index contributed by atoms with van der Waals surface area (Å²) in [7, 11) is 1.95. The van der Waals surface area contributed by atoms with Gasteiger partial charge >= 0.3 is 0 Å². The molecule has 156 valence electrons. The van der Waals surface area contributed by atoms with Crippen LogP contribution < -0.4 is 4.80 Å². The zero-order valence-electron chi connectivity index (χ0n) is 17.9. The minimum Gasteiger partial charge on any atom is -0.319 e. The number of thiazole rings is 1. The second-order valence-corrected chi connectivity index (χ2v) is 9.07. The molecule has 0 saturated heterocycles. The second kappa shape index (κ2) is 8.66. The molecule has 0 saturated carbocycles. The van der Waals surface area contributed by atoms with Crippen LogP contribution in [0.15, 0.2) is 71.7 Å². The summed E-state index contributed by atoms with van der Waals surface area (Å²) in [5.41, 5.74) is 7.13. The van der Waals surface area contributed by atoms with Crippen LogP contribution in [-0.2, 0) is 7.05 Å². The van der Waals surface area contributed by atoms with Crippen molar-refractivity contribution in [2.24, 2.45) is 12.0 Å². The summed E-state index contributed by atoms with van der Waals surface area (Å²) in [4.78, 5) is 19.1. The van der Waals surface area contributed by atoms with E-state index in [2.05, 4.69) is 49.2 Å². The van der Waals surface area contributed by atoms with Gasteiger partial charge in [0.25, 0.3) is 5.91 Å². The van der Waals surface area contributed by atoms with E-state index >= 15 is 0 Å². The monoisotopic (exact) mass is 446 g/mol. The van der Waals surface area contributed by atoms with Gasteiger partial charge in [0, 0.05) is 7.05 Å². The third kappa shape index (κ3) is 4.27. The summed E-state index contributed by atoms with van der Waals surface area (Å²) >= 11 is 7.82. The van der Waals surface area contributed by atoms with Gasteiger partial charge < -0.3 is 4.57 Å². The van der Waals surface area contributed by atoms with Crippen molar-refractivity contribution < 1.29 is 4.79 Å². The van der Waals surface area contributed by atoms with Crippen LogP contribution in [0.25, 0.3) is 21.7 Å². The standard InChI is InChI=1S/C26H23ClN2OS/c1-16-10-13-21(22(27)14-16)25(30)28-26-29(4)23(20-12-11-17(2)18(3)15-20)24(31-26)19-8-6-5-7-9-19/h5-15H,1-4H3. The van der Waals surface area contributed by atoms with E-state index in [1.54, 1.807) is 12.1 Å². The minimum atomic E-state index is -0.340. The molecular formula is C26H23ClN2OS. The lowest BCUT2D eigenvalue weighted by Gasteiger charge is -2.09. The molecule has 0 bridgehead atoms. The van der Waals surface area contributed by atoms with Crippen molar-refractivity contribution in [3.8, 4) is 21.7 Å². The molecule has 1 amide bonds. The Bertz CT molecular complexity index is 1350. The molecule has 0 radical (unpaired) electrons. The van der Waals surface area contributed by atoms with Crippen LogP contribution >= 0.6 is 22.9 Å². The topological polar surface area (TPSA) is 34.4 Å². The highest BCUT2D eigenvalue weighted by Gasteiger charge is 2.17. The fourth-order valence-electron chi connectivity index (χ4n) is 3.49. The molecule has 31 heavy (non-hydrogen) atoms. The van der Waals surface area contributed by atoms with Crippen LogP contribution in [-0.4, -0.2) is 10.5 Å². The number of benzene rings is 3. The number of rotatable bonds is 3. The van der Waals surface area contributed by atoms with E-state index in [9.17, 15) is 4.79 Å². The highest BCUT2D eigenvalue weighted by atomic mass is 35.5. The predicted molar refractivity (Wildman–Crippen MR) is 130 cm³/mol. The maximum Gasteiger partial charge on any atom is 0.281 e. The predicted octanol–water partition coefficient (Wildman–Crippen LogP) is 6.74. The van der Waals surface area contributed by atoms with Crippen LogP contribution in [0.1, 0.15) is 27.0 Å². The van der Waals surface area contributed by atoms with Crippen LogP contribution in [0.5, 0.6) is 0 Å². The van der Waals surface area contributed by atoms with Crippen LogP contribution in [0, 0.1) is 20.8 Å². The van der Waals surface area contributed by atoms with Gasteiger partial charge in [0.15, 0.2) is 4.80 Å². The van der Waals surface area contributed by atoms with Crippen molar-refractivity contribution in [3.63, 3.8) is 0 Å². The van der Waals surface area contributed by atoms with Gasteiger partial charge in [0.2, 0.25) is 0 Å². The first-order valence-corrected chi connectivity index (χ1v) is 11.2. The molecule has 0 unspecified atom stereocenters. The summed E-state index contributed by atoms with van der Waals surface area (Å²) in [6, 6.07) is 22.0. The van der Waals surface area contributed by atoms with Gasteiger partial charge in [-0.3, -0.25) is 4.79 Å². The van der Waals surface area contributed by atoms with E-state index in [1.165, 1.54) is 22.5 Å². The summed E-state index contributed by atoms with van der Waals surface area (Å²) in [6.07, 6.45) is 0. The lowest BCUT2D eigenvalue weighted by Crippen LogP contribution is -2.14. The summed E-state index contributed by atoms with van der Waals surface area (Å²) in [5.74, 6) is -0.340. The van der Waals surface area contributed by atoms with E-state index < -0.39 is 0 Å². The van der Waals surface area contributed by atoms with Crippen molar-refractivity contribution >= 4 is 28.8 Å². The molecule has 0 atom stereocenters. The van der Waals surface area contributed by atoms with Crippen LogP contribution in [0.2, 0.25) is 5.02 Å². The normalized spacial score (nSPS) is 11.7. The Hall–Kier alpha value is -2.95. The quantitative estimate of drug-likeness (QED) is 0.343. The Kier molecular flexibility index (Phi) is 5.94. The van der Waals surface area contributed by atoms with Gasteiger partial charge in [-0.2, -0.15) is 4.99 Å². The smallest absolute Gasteiger partial charge is 0.281 e. The van der Waals surface area contributed by atoms with Crippen LogP contribution in [0.3, 0.4) is 0 Å². The van der Waals surface area contributed by atoms with E-state index in [1.807, 2.05) is 42.8 Å². The van der Waals surface area contributed by atoms with E-state index in [0.29, 0.717) is 15.4 Å². The third-order valence-electron chi connectivity index (χ3n) is 5.40. The van der Waals surface area contributed by atoms with Gasteiger partial charge in [-0.25, -0.2) is 0 Å². The lowest BCUT2D eigenvalue weighted by molar-refractivity contribution is 0.0998. The number of carbonyl (C=O) groups is 1. The van der Waals surface area contributed by atoms with Crippen molar-refractivity contribution in [3.05, 3.63) is 98.8 Å². The fourth-order valence-corrected chi connectivity index (χ4v) is 4.95. The number of aryl methyl sites for hydroxylation is 3. The second-order valence-electron chi connectivity index (χ2n) is 7.69. The van der Waals surface area contributed by atoms with Gasteiger partial charge in [-0.05, 0) is 66.8 Å². The number of aromatic nitrogens is 1. The Morgan fingerprint density at radius 1 is 0.903 bits per heavy atom. The molecule has 4 aromatic rings. The molecule has 1 heterocycles. The summed E-state index contributed by atoms with van der Waals surface area (Å²) in [6.45, 7) is 6.16. The zero-order valence-corrected chi connectivity index (χ0v) is 19.5. The fraction of sp³-hybridized carbons (Fsp3) is 0.154. The molecular weight excluding hydrogens is 424 g/mol. The number of hydrogen-bond donors (Lipinski definition) is 0. The van der Waals surface area contributed by atoms with Crippen molar-refractivity contribution in [1.82, 2.24) is 4.57 Å². The molecule has 0 aliphatic carbocycles. The minimum absolute atomic E-state index is 0.340. The summed E-state index contributed by atoms with van der Waals surface area (Å²) in [5, 5.41) is 0.422. The van der Waals surface area contributed by atoms with Gasteiger partial charge in [0.05, 0.1) is 21.2 Å². The van der Waals surface area contributed by atoms with Gasteiger partial charge in [0.1, 0.15) is 0 Å². The first kappa shape index (κ1) is 21.3. The number of nitrogens with zero attached hydrogens (tertiary/aromatic N) is 2. The van der Waals surface area contributed by atoms with Crippen LogP contribution in [0.4, 0.5) is 0 Å². The number of carbonyl (C=O) groups excluding carboxylic acids is 1. The zero-order chi connectivity index (χ0) is 22.1. The molecule has 4 rings (SSSR count). The molecule has 0 N–H and O–H groups in total. The highest BCUT2D eigenvalue weighted by molar-refractivity contribution is 7.13. The maximum absolute atomic E-state index is 12.9. The molecule has 3 nitrogen and oxygen atoms in total. The molecule has 0 aliphatic rings. The van der Waals surface area contributed by atoms with E-state index in [-0.39, 0.29) is 5.91 Å². The van der Waals surface area contributed by atoms with E-state index in [4.69, 9.17) is 11.6 Å². The number of halogens is 1. The Balaban J connectivity index is 1.92. The molecule has 0 spiro atoms. The molecule has 0 aliphatic heterocycles. The molecule has 1 aromatic heterocycles.